The lowest BCUT2D eigenvalue weighted by Crippen LogP contribution is -2.53. The van der Waals surface area contributed by atoms with Crippen molar-refractivity contribution < 1.29 is 24.3 Å². The van der Waals surface area contributed by atoms with Crippen LogP contribution in [0.15, 0.2) is 59.3 Å². The van der Waals surface area contributed by atoms with Crippen molar-refractivity contribution in [2.24, 2.45) is 16.8 Å². The number of hydrogen-bond acceptors (Lipinski definition) is 8. The van der Waals surface area contributed by atoms with Crippen LogP contribution in [-0.4, -0.2) is 96.6 Å². The largest absolute Gasteiger partial charge is 0.387 e. The zero-order valence-electron chi connectivity index (χ0n) is 32.0. The standard InChI is InChI=1S/C41H50N8O5S/c1-23(2)36(44-25(5)51)39(53)48-15-6-8-33(48)31-18-28(19-42-31)47-17-14-29-30(22-55-41(29)47)26-10-12-27(13-11-26)32-20-43-38(45-32)34-9-7-16-49(34)40(54)37(24(3)4)46-35(52)21-50/h10-14,17,19-20,22-24,33-34,36-37,50H,6-9,15-16,18,21H2,1-5H3,(H,43,45)(H,44,51)(H,46,52)/t33?,34-,36-,37-/m0/s1. The summed E-state index contributed by atoms with van der Waals surface area (Å²) in [5, 5.41) is 18.1. The van der Waals surface area contributed by atoms with Gasteiger partial charge >= 0.3 is 0 Å². The summed E-state index contributed by atoms with van der Waals surface area (Å²) in [5.74, 6) is -0.400. The first-order valence-corrected chi connectivity index (χ1v) is 20.1. The predicted octanol–water partition coefficient (Wildman–Crippen LogP) is 5.35. The molecule has 0 aliphatic carbocycles. The molecule has 4 N–H and O–H groups in total. The molecule has 1 aromatic carbocycles. The maximum Gasteiger partial charge on any atom is 0.246 e. The van der Waals surface area contributed by atoms with E-state index in [4.69, 9.17) is 4.99 Å². The lowest BCUT2D eigenvalue weighted by Gasteiger charge is -2.31. The summed E-state index contributed by atoms with van der Waals surface area (Å²) in [5.41, 5.74) is 6.14. The second kappa shape index (κ2) is 16.0. The minimum Gasteiger partial charge on any atom is -0.387 e. The summed E-state index contributed by atoms with van der Waals surface area (Å²) < 4.78 is 2.21. The quantitative estimate of drug-likeness (QED) is 0.152. The molecule has 0 bridgehead atoms. The highest BCUT2D eigenvalue weighted by Gasteiger charge is 2.39. The number of nitrogens with one attached hydrogen (secondary N) is 3. The second-order valence-corrected chi connectivity index (χ2v) is 16.3. The number of aliphatic hydroxyl groups excluding tert-OH is 1. The molecular formula is C41H50N8O5S. The number of rotatable bonds is 12. The first-order valence-electron chi connectivity index (χ1n) is 19.2. The van der Waals surface area contributed by atoms with Gasteiger partial charge in [-0.05, 0) is 54.7 Å². The van der Waals surface area contributed by atoms with Crippen LogP contribution in [-0.2, 0) is 19.2 Å². The number of hydrogen-bond donors (Lipinski definition) is 4. The number of imidazole rings is 1. The fourth-order valence-corrected chi connectivity index (χ4v) is 9.24. The van der Waals surface area contributed by atoms with E-state index in [2.05, 4.69) is 67.1 Å². The van der Waals surface area contributed by atoms with Crippen LogP contribution >= 0.6 is 11.3 Å². The van der Waals surface area contributed by atoms with Gasteiger partial charge in [-0.1, -0.05) is 52.0 Å². The predicted molar refractivity (Wildman–Crippen MR) is 214 cm³/mol. The number of aliphatic imine (C=N–C) groups is 1. The molecule has 2 fully saturated rings. The van der Waals surface area contributed by atoms with E-state index in [0.29, 0.717) is 25.3 Å². The number of aromatic nitrogens is 3. The van der Waals surface area contributed by atoms with E-state index in [1.807, 2.05) is 38.8 Å². The van der Waals surface area contributed by atoms with Gasteiger partial charge in [-0.2, -0.15) is 0 Å². The van der Waals surface area contributed by atoms with Gasteiger partial charge in [0.25, 0.3) is 0 Å². The molecule has 4 amide bonds. The van der Waals surface area contributed by atoms with Crippen LogP contribution in [0.5, 0.6) is 0 Å². The number of carbonyl (C=O) groups excluding carboxylic acids is 4. The van der Waals surface area contributed by atoms with Crippen LogP contribution in [0.2, 0.25) is 0 Å². The molecule has 3 aliphatic rings. The van der Waals surface area contributed by atoms with Crippen LogP contribution < -0.4 is 10.6 Å². The SMILES string of the molecule is CC(=O)N[C@H](C(=O)N1CCCC1C1=NC=C(n2ccc3c(-c4ccc(-c5cnc([C@@H]6CCCN6C(=O)[C@@H](NC(=O)CO)C(C)C)[nH]5)cc4)csc32)C1)C(C)C. The van der Waals surface area contributed by atoms with Crippen LogP contribution in [0.3, 0.4) is 0 Å². The van der Waals surface area contributed by atoms with Crippen molar-refractivity contribution in [3.8, 4) is 22.4 Å². The van der Waals surface area contributed by atoms with E-state index in [1.165, 1.54) is 6.92 Å². The number of fused-ring (bicyclic) bond motifs is 1. The lowest BCUT2D eigenvalue weighted by atomic mass is 10.0. The number of aromatic amines is 1. The Balaban J connectivity index is 1.02. The summed E-state index contributed by atoms with van der Waals surface area (Å²) in [6.07, 6.45) is 9.86. The molecule has 290 valence electrons. The van der Waals surface area contributed by atoms with E-state index < -0.39 is 24.6 Å². The number of benzene rings is 1. The highest BCUT2D eigenvalue weighted by molar-refractivity contribution is 7.17. The summed E-state index contributed by atoms with van der Waals surface area (Å²) in [4.78, 5) is 68.7. The summed E-state index contributed by atoms with van der Waals surface area (Å²) in [6.45, 7) is 9.71. The second-order valence-electron chi connectivity index (χ2n) is 15.5. The zero-order chi connectivity index (χ0) is 39.0. The molecule has 0 saturated carbocycles. The topological polar surface area (TPSA) is 165 Å². The third-order valence-electron chi connectivity index (χ3n) is 11.0. The minimum atomic E-state index is -0.718. The molecule has 6 heterocycles. The molecule has 4 atom stereocenters. The number of allylic oxidation sites excluding steroid dienone is 1. The first kappa shape index (κ1) is 38.2. The Labute approximate surface area is 324 Å². The molecule has 3 aromatic heterocycles. The Bertz CT molecular complexity index is 2140. The van der Waals surface area contributed by atoms with Crippen LogP contribution in [0.25, 0.3) is 38.3 Å². The van der Waals surface area contributed by atoms with Gasteiger partial charge in [-0.15, -0.1) is 11.3 Å². The summed E-state index contributed by atoms with van der Waals surface area (Å²) >= 11 is 1.69. The third-order valence-corrected chi connectivity index (χ3v) is 12.0. The normalized spacial score (nSPS) is 19.6. The molecule has 55 heavy (non-hydrogen) atoms. The number of thiophene rings is 1. The fourth-order valence-electron chi connectivity index (χ4n) is 8.15. The summed E-state index contributed by atoms with van der Waals surface area (Å²) in [7, 11) is 0. The minimum absolute atomic E-state index is 0.0145. The van der Waals surface area contributed by atoms with Crippen molar-refractivity contribution in [2.45, 2.75) is 90.9 Å². The molecule has 2 saturated heterocycles. The molecule has 1 unspecified atom stereocenters. The molecule has 3 aliphatic heterocycles. The Kier molecular flexibility index (Phi) is 11.1. The van der Waals surface area contributed by atoms with Crippen molar-refractivity contribution in [2.75, 3.05) is 19.7 Å². The van der Waals surface area contributed by atoms with Crippen molar-refractivity contribution >= 4 is 56.6 Å². The van der Waals surface area contributed by atoms with E-state index in [9.17, 15) is 24.3 Å². The zero-order valence-corrected chi connectivity index (χ0v) is 32.9. The molecule has 13 nitrogen and oxygen atoms in total. The maximum absolute atomic E-state index is 13.6. The molecule has 14 heteroatoms. The highest BCUT2D eigenvalue weighted by atomic mass is 32.1. The maximum atomic E-state index is 13.6. The van der Waals surface area contributed by atoms with Gasteiger partial charge in [0.1, 0.15) is 29.3 Å². The lowest BCUT2D eigenvalue weighted by molar-refractivity contribution is -0.139. The molecule has 0 spiro atoms. The number of likely N-dealkylation sites (tertiary alicyclic amines) is 2. The first-order chi connectivity index (χ1) is 26.4. The monoisotopic (exact) mass is 766 g/mol. The Hall–Kier alpha value is -5.08. The number of amides is 4. The van der Waals surface area contributed by atoms with E-state index in [1.54, 1.807) is 22.4 Å². The molecule has 7 rings (SSSR count). The van der Waals surface area contributed by atoms with Crippen molar-refractivity contribution in [3.05, 3.63) is 60.1 Å². The van der Waals surface area contributed by atoms with Gasteiger partial charge in [0.2, 0.25) is 23.6 Å². The average Bonchev–Trinajstić information content (AvgIpc) is 4.01. The average molecular weight is 767 g/mol. The highest BCUT2D eigenvalue weighted by Crippen LogP contribution is 2.39. The molecule has 0 radical (unpaired) electrons. The van der Waals surface area contributed by atoms with Gasteiger partial charge in [0.05, 0.1) is 24.0 Å². The van der Waals surface area contributed by atoms with Crippen molar-refractivity contribution in [1.29, 1.82) is 0 Å². The van der Waals surface area contributed by atoms with Crippen LogP contribution in [0, 0.1) is 11.8 Å². The van der Waals surface area contributed by atoms with Crippen molar-refractivity contribution in [1.82, 2.24) is 35.0 Å². The van der Waals surface area contributed by atoms with Crippen molar-refractivity contribution in [3.63, 3.8) is 0 Å². The molecular weight excluding hydrogens is 717 g/mol. The van der Waals surface area contributed by atoms with E-state index >= 15 is 0 Å². The van der Waals surface area contributed by atoms with Gasteiger partial charge < -0.3 is 35.1 Å². The third kappa shape index (κ3) is 7.62. The van der Waals surface area contributed by atoms with Crippen LogP contribution in [0.1, 0.15) is 78.6 Å². The number of H-pyrrole nitrogens is 1. The van der Waals surface area contributed by atoms with E-state index in [-0.39, 0.29) is 41.6 Å². The van der Waals surface area contributed by atoms with Crippen LogP contribution in [0.4, 0.5) is 0 Å². The van der Waals surface area contributed by atoms with Gasteiger partial charge in [0.15, 0.2) is 0 Å². The Morgan fingerprint density at radius 3 is 2.20 bits per heavy atom. The smallest absolute Gasteiger partial charge is 0.246 e. The van der Waals surface area contributed by atoms with Gasteiger partial charge in [-0.25, -0.2) is 4.98 Å². The Morgan fingerprint density at radius 1 is 0.909 bits per heavy atom. The number of nitrogens with zero attached hydrogens (tertiary/aromatic N) is 5. The van der Waals surface area contributed by atoms with Gasteiger partial charge in [0, 0.05) is 66.6 Å². The Morgan fingerprint density at radius 2 is 1.55 bits per heavy atom. The van der Waals surface area contributed by atoms with E-state index in [0.717, 1.165) is 69.7 Å². The fraction of sp³-hybridized carbons (Fsp3) is 0.463. The number of carbonyl (C=O) groups is 4. The number of aliphatic hydroxyl groups is 1. The molecule has 4 aromatic rings. The summed E-state index contributed by atoms with van der Waals surface area (Å²) in [6, 6.07) is 8.97. The van der Waals surface area contributed by atoms with Gasteiger partial charge in [-0.3, -0.25) is 24.2 Å².